The highest BCUT2D eigenvalue weighted by Crippen LogP contribution is 2.31. The third-order valence-electron chi connectivity index (χ3n) is 9.42. The summed E-state index contributed by atoms with van der Waals surface area (Å²) < 4.78 is 1.91. The van der Waals surface area contributed by atoms with Crippen molar-refractivity contribution in [2.75, 3.05) is 25.4 Å². The van der Waals surface area contributed by atoms with Gasteiger partial charge in [0.1, 0.15) is 18.0 Å². The summed E-state index contributed by atoms with van der Waals surface area (Å²) in [5, 5.41) is 21.8. The van der Waals surface area contributed by atoms with E-state index in [9.17, 15) is 19.5 Å². The number of benzene rings is 4. The van der Waals surface area contributed by atoms with Gasteiger partial charge in [0.05, 0.1) is 31.3 Å². The molecule has 1 aromatic heterocycles. The minimum Gasteiger partial charge on any atom is -0.508 e. The van der Waals surface area contributed by atoms with Crippen molar-refractivity contribution in [3.63, 3.8) is 0 Å². The molecule has 0 radical (unpaired) electrons. The minimum atomic E-state index is -0.896. The maximum absolute atomic E-state index is 14.6. The quantitative estimate of drug-likeness (QED) is 0.149. The highest BCUT2D eigenvalue weighted by Gasteiger charge is 2.51. The molecular weight excluding hydrogens is 644 g/mol. The van der Waals surface area contributed by atoms with E-state index < -0.39 is 12.2 Å². The number of nitrogen functional groups attached to an aromatic ring is 1. The van der Waals surface area contributed by atoms with Crippen LogP contribution in [0.25, 0.3) is 10.9 Å². The zero-order valence-electron chi connectivity index (χ0n) is 28.1. The molecule has 2 saturated heterocycles. The van der Waals surface area contributed by atoms with Crippen LogP contribution in [0.2, 0.25) is 0 Å². The summed E-state index contributed by atoms with van der Waals surface area (Å²) in [5.41, 5.74) is 11.2. The van der Waals surface area contributed by atoms with Gasteiger partial charge in [0.15, 0.2) is 0 Å². The number of fused-ring (bicyclic) bond motifs is 2. The first kappa shape index (κ1) is 33.4. The van der Waals surface area contributed by atoms with Crippen LogP contribution in [0, 0.1) is 0 Å². The molecule has 2 atom stereocenters. The average Bonchev–Trinajstić information content (AvgIpc) is 3.54. The fourth-order valence-electron chi connectivity index (χ4n) is 7.09. The van der Waals surface area contributed by atoms with Crippen LogP contribution in [0.5, 0.6) is 5.75 Å². The number of anilines is 1. The number of amides is 4. The van der Waals surface area contributed by atoms with Gasteiger partial charge in [0.25, 0.3) is 0 Å². The second-order valence-electron chi connectivity index (χ2n) is 12.9. The number of para-hydroxylation sites is 1. The lowest BCUT2D eigenvalue weighted by Gasteiger charge is -2.55. The monoisotopic (exact) mass is 684 g/mol. The molecule has 12 nitrogen and oxygen atoms in total. The molecule has 0 spiro atoms. The van der Waals surface area contributed by atoms with E-state index in [4.69, 9.17) is 5.73 Å². The first-order valence-corrected chi connectivity index (χ1v) is 16.9. The van der Waals surface area contributed by atoms with Crippen molar-refractivity contribution < 1.29 is 19.5 Å². The molecule has 2 aliphatic heterocycles. The molecule has 4 aromatic carbocycles. The van der Waals surface area contributed by atoms with E-state index in [0.717, 1.165) is 33.2 Å². The van der Waals surface area contributed by atoms with Crippen molar-refractivity contribution in [3.8, 4) is 5.75 Å². The number of carbonyl (C=O) groups excluding carboxylic acids is 3. The van der Waals surface area contributed by atoms with Crippen molar-refractivity contribution in [1.29, 1.82) is 0 Å². The third-order valence-corrected chi connectivity index (χ3v) is 9.42. The van der Waals surface area contributed by atoms with Gasteiger partial charge in [-0.2, -0.15) is 5.10 Å². The Labute approximate surface area is 295 Å². The SMILES string of the molecule is C=CCN1CC(=O)N2[C@@H](Cc3ccc(O)cc3)C(=O)N(Cc3cccc4cnn(Cc5cccc(N)c5)c34)C[C@@H]2N1C(=O)NCc1ccccc1. The summed E-state index contributed by atoms with van der Waals surface area (Å²) in [6.07, 6.45) is 2.88. The second kappa shape index (κ2) is 14.4. The van der Waals surface area contributed by atoms with Crippen molar-refractivity contribution in [3.05, 3.63) is 138 Å². The average molecular weight is 685 g/mol. The Morgan fingerprint density at radius 1 is 0.941 bits per heavy atom. The van der Waals surface area contributed by atoms with Gasteiger partial charge in [-0.15, -0.1) is 6.58 Å². The number of nitrogens with one attached hydrogen (secondary N) is 1. The molecule has 260 valence electrons. The van der Waals surface area contributed by atoms with Crippen LogP contribution in [-0.4, -0.2) is 84.4 Å². The maximum atomic E-state index is 14.6. The highest BCUT2D eigenvalue weighted by atomic mass is 16.3. The van der Waals surface area contributed by atoms with E-state index in [1.54, 1.807) is 50.2 Å². The number of phenols is 1. The van der Waals surface area contributed by atoms with Gasteiger partial charge in [-0.05, 0) is 46.5 Å². The molecule has 0 bridgehead atoms. The number of rotatable bonds is 10. The number of aromatic nitrogens is 2. The zero-order chi connectivity index (χ0) is 35.5. The van der Waals surface area contributed by atoms with Crippen molar-refractivity contribution >= 4 is 34.4 Å². The molecule has 0 saturated carbocycles. The molecule has 3 heterocycles. The smallest absolute Gasteiger partial charge is 0.334 e. The lowest BCUT2D eigenvalue weighted by Crippen LogP contribution is -2.76. The van der Waals surface area contributed by atoms with Crippen molar-refractivity contribution in [2.45, 2.75) is 38.3 Å². The number of hydrogen-bond donors (Lipinski definition) is 3. The molecule has 4 amide bonds. The van der Waals surface area contributed by atoms with Crippen LogP contribution < -0.4 is 11.1 Å². The molecule has 4 N–H and O–H groups in total. The highest BCUT2D eigenvalue weighted by molar-refractivity contribution is 5.92. The van der Waals surface area contributed by atoms with Gasteiger partial charge in [-0.25, -0.2) is 14.8 Å². The summed E-state index contributed by atoms with van der Waals surface area (Å²) in [7, 11) is 0. The zero-order valence-corrected chi connectivity index (χ0v) is 28.1. The third kappa shape index (κ3) is 6.99. The van der Waals surface area contributed by atoms with E-state index in [-0.39, 0.29) is 62.7 Å². The first-order chi connectivity index (χ1) is 24.8. The van der Waals surface area contributed by atoms with Gasteiger partial charge >= 0.3 is 6.03 Å². The summed E-state index contributed by atoms with van der Waals surface area (Å²) in [4.78, 5) is 46.0. The van der Waals surface area contributed by atoms with Crippen LogP contribution in [0.15, 0.2) is 116 Å². The van der Waals surface area contributed by atoms with E-state index >= 15 is 0 Å². The Balaban J connectivity index is 1.25. The lowest BCUT2D eigenvalue weighted by molar-refractivity contribution is -0.189. The van der Waals surface area contributed by atoms with Crippen molar-refractivity contribution in [2.24, 2.45) is 0 Å². The molecule has 0 aliphatic carbocycles. The second-order valence-corrected chi connectivity index (χ2v) is 12.9. The van der Waals surface area contributed by atoms with Crippen molar-refractivity contribution in [1.82, 2.24) is 34.9 Å². The number of phenolic OH excluding ortho intramolecular Hbond substituents is 1. The Hall–Kier alpha value is -6.14. The summed E-state index contributed by atoms with van der Waals surface area (Å²) in [6.45, 7) is 5.12. The number of hydrazine groups is 1. The lowest BCUT2D eigenvalue weighted by atomic mass is 9.98. The molecular formula is C39H40N8O4. The standard InChI is InChI=1S/C39H40N8O4/c1-2-18-44-26-36(49)46-34(20-27-14-16-33(48)17-15-27)38(50)43(25-35(46)47(44)39(51)41-21-28-8-4-3-5-9-28)24-31-12-7-11-30-22-42-45(37(30)31)23-29-10-6-13-32(40)19-29/h2-17,19,22,34-35,48H,1,18,20-21,23-26,40H2,(H,41,51)/t34-,35-/m0/s1. The summed E-state index contributed by atoms with van der Waals surface area (Å²) >= 11 is 0. The van der Waals surface area contributed by atoms with Crippen LogP contribution in [0.4, 0.5) is 10.5 Å². The van der Waals surface area contributed by atoms with Gasteiger partial charge in [0.2, 0.25) is 11.8 Å². The molecule has 2 fully saturated rings. The van der Waals surface area contributed by atoms with Crippen LogP contribution in [0.3, 0.4) is 0 Å². The number of hydrogen-bond acceptors (Lipinski definition) is 7. The Kier molecular flexibility index (Phi) is 9.40. The van der Waals surface area contributed by atoms with Crippen LogP contribution in [-0.2, 0) is 35.6 Å². The molecule has 5 aromatic rings. The Bertz CT molecular complexity index is 2060. The topological polar surface area (TPSA) is 140 Å². The first-order valence-electron chi connectivity index (χ1n) is 16.9. The summed E-state index contributed by atoms with van der Waals surface area (Å²) in [6, 6.07) is 28.5. The predicted molar refractivity (Wildman–Crippen MR) is 194 cm³/mol. The van der Waals surface area contributed by atoms with Crippen LogP contribution >= 0.6 is 0 Å². The fraction of sp³-hybridized carbons (Fsp3) is 0.231. The maximum Gasteiger partial charge on any atom is 0.334 e. The molecule has 7 rings (SSSR count). The minimum absolute atomic E-state index is 0.0861. The van der Waals surface area contributed by atoms with E-state index in [0.29, 0.717) is 12.2 Å². The predicted octanol–water partition coefficient (Wildman–Crippen LogP) is 4.11. The van der Waals surface area contributed by atoms with E-state index in [1.807, 2.05) is 83.7 Å². The number of nitrogens with two attached hydrogens (primary N) is 1. The number of carbonyl (C=O) groups is 3. The number of piperazine rings is 1. The molecule has 12 heteroatoms. The largest absolute Gasteiger partial charge is 0.508 e. The number of urea groups is 1. The van der Waals surface area contributed by atoms with Gasteiger partial charge in [-0.1, -0.05) is 78.9 Å². The van der Waals surface area contributed by atoms with E-state index in [2.05, 4.69) is 17.0 Å². The summed E-state index contributed by atoms with van der Waals surface area (Å²) in [5.74, 6) is -0.382. The number of aromatic hydroxyl groups is 1. The van der Waals surface area contributed by atoms with Gasteiger partial charge in [0, 0.05) is 37.1 Å². The molecule has 0 unspecified atom stereocenters. The van der Waals surface area contributed by atoms with Crippen LogP contribution in [0.1, 0.15) is 22.3 Å². The number of nitrogens with zero attached hydrogens (tertiary/aromatic N) is 6. The normalized spacial score (nSPS) is 17.8. The fourth-order valence-corrected chi connectivity index (χ4v) is 7.09. The Morgan fingerprint density at radius 3 is 2.47 bits per heavy atom. The molecule has 2 aliphatic rings. The van der Waals surface area contributed by atoms with Gasteiger partial charge in [-0.3, -0.25) is 14.3 Å². The Morgan fingerprint density at radius 2 is 1.71 bits per heavy atom. The molecule has 51 heavy (non-hydrogen) atoms. The van der Waals surface area contributed by atoms with E-state index in [1.165, 1.54) is 0 Å². The van der Waals surface area contributed by atoms with Gasteiger partial charge < -0.3 is 26.0 Å².